The molecule has 0 spiro atoms. The van der Waals surface area contributed by atoms with Gasteiger partial charge in [-0.05, 0) is 45.4 Å². The third kappa shape index (κ3) is 4.67. The first-order valence-electron chi connectivity index (χ1n) is 7.43. The van der Waals surface area contributed by atoms with Gasteiger partial charge in [0, 0.05) is 41.9 Å². The summed E-state index contributed by atoms with van der Waals surface area (Å²) in [6.45, 7) is 14.1. The fourth-order valence-corrected chi connectivity index (χ4v) is 3.39. The molecule has 1 N–H and O–H groups in total. The highest BCUT2D eigenvalue weighted by Crippen LogP contribution is 2.23. The number of aryl methyl sites for hydroxylation is 1. The van der Waals surface area contributed by atoms with Crippen molar-refractivity contribution in [2.24, 2.45) is 0 Å². The van der Waals surface area contributed by atoms with Crippen LogP contribution in [0.3, 0.4) is 0 Å². The van der Waals surface area contributed by atoms with Gasteiger partial charge in [-0.15, -0.1) is 0 Å². The molecule has 20 heavy (non-hydrogen) atoms. The molecule has 112 valence electrons. The average Bonchev–Trinajstić information content (AvgIpc) is 2.35. The van der Waals surface area contributed by atoms with Crippen molar-refractivity contribution in [3.05, 3.63) is 23.4 Å². The molecule has 0 radical (unpaired) electrons. The van der Waals surface area contributed by atoms with E-state index < -0.39 is 0 Å². The lowest BCUT2D eigenvalue weighted by molar-refractivity contribution is 0.424. The smallest absolute Gasteiger partial charge is 0.129 e. The molecule has 0 aliphatic carbocycles. The maximum atomic E-state index is 4.73. The maximum Gasteiger partial charge on any atom is 0.129 e. The molecule has 1 saturated heterocycles. The van der Waals surface area contributed by atoms with E-state index in [1.54, 1.807) is 0 Å². The zero-order chi connectivity index (χ0) is 14.8. The van der Waals surface area contributed by atoms with Crippen molar-refractivity contribution in [3.63, 3.8) is 0 Å². The Labute approximate surface area is 127 Å². The average molecular weight is 293 g/mol. The summed E-state index contributed by atoms with van der Waals surface area (Å²) in [5, 5.41) is 4.25. The van der Waals surface area contributed by atoms with Crippen LogP contribution in [0.1, 0.15) is 39.0 Å². The van der Waals surface area contributed by atoms with E-state index in [0.717, 1.165) is 31.1 Å². The molecule has 2 heterocycles. The standard InChI is InChI=1S/C16H27N3S/c1-12-8-14(10-17-16(3,4)5)9-15(18-12)19-6-7-20-13(2)11-19/h8-9,13,17H,6-7,10-11H2,1-5H3. The Morgan fingerprint density at radius 1 is 1.40 bits per heavy atom. The highest BCUT2D eigenvalue weighted by Gasteiger charge is 2.18. The number of pyridine rings is 1. The van der Waals surface area contributed by atoms with Gasteiger partial charge in [-0.25, -0.2) is 4.98 Å². The maximum absolute atomic E-state index is 4.73. The largest absolute Gasteiger partial charge is 0.355 e. The molecule has 1 aliphatic rings. The molecule has 4 heteroatoms. The van der Waals surface area contributed by atoms with E-state index >= 15 is 0 Å². The second kappa shape index (κ2) is 6.35. The number of nitrogens with one attached hydrogen (secondary N) is 1. The van der Waals surface area contributed by atoms with E-state index in [-0.39, 0.29) is 5.54 Å². The van der Waals surface area contributed by atoms with Crippen LogP contribution in [-0.4, -0.2) is 34.6 Å². The summed E-state index contributed by atoms with van der Waals surface area (Å²) in [4.78, 5) is 7.15. The first-order valence-corrected chi connectivity index (χ1v) is 8.47. The van der Waals surface area contributed by atoms with Crippen LogP contribution < -0.4 is 10.2 Å². The highest BCUT2D eigenvalue weighted by molar-refractivity contribution is 8.00. The molecule has 1 unspecified atom stereocenters. The summed E-state index contributed by atoms with van der Waals surface area (Å²) in [7, 11) is 0. The van der Waals surface area contributed by atoms with Crippen molar-refractivity contribution >= 4 is 17.6 Å². The molecule has 3 nitrogen and oxygen atoms in total. The summed E-state index contributed by atoms with van der Waals surface area (Å²) in [5.41, 5.74) is 2.58. The first-order chi connectivity index (χ1) is 9.33. The van der Waals surface area contributed by atoms with Gasteiger partial charge < -0.3 is 10.2 Å². The molecular formula is C16H27N3S. The van der Waals surface area contributed by atoms with Gasteiger partial charge in [-0.3, -0.25) is 0 Å². The summed E-state index contributed by atoms with van der Waals surface area (Å²) in [6.07, 6.45) is 0. The fraction of sp³-hybridized carbons (Fsp3) is 0.688. The van der Waals surface area contributed by atoms with Gasteiger partial charge in [0.2, 0.25) is 0 Å². The van der Waals surface area contributed by atoms with Gasteiger partial charge >= 0.3 is 0 Å². The van der Waals surface area contributed by atoms with Crippen LogP contribution in [0, 0.1) is 6.92 Å². The molecule has 1 aromatic rings. The Morgan fingerprint density at radius 2 is 2.15 bits per heavy atom. The number of hydrogen-bond donors (Lipinski definition) is 1. The molecule has 1 aliphatic heterocycles. The minimum absolute atomic E-state index is 0.146. The minimum atomic E-state index is 0.146. The summed E-state index contributed by atoms with van der Waals surface area (Å²) in [5.74, 6) is 2.34. The predicted molar refractivity (Wildman–Crippen MR) is 89.7 cm³/mol. The first kappa shape index (κ1) is 15.6. The van der Waals surface area contributed by atoms with Crippen molar-refractivity contribution < 1.29 is 0 Å². The van der Waals surface area contributed by atoms with Gasteiger partial charge in [-0.2, -0.15) is 11.8 Å². The van der Waals surface area contributed by atoms with Crippen LogP contribution in [0.25, 0.3) is 0 Å². The lowest BCUT2D eigenvalue weighted by Gasteiger charge is -2.32. The normalized spacial score (nSPS) is 20.2. The van der Waals surface area contributed by atoms with Crippen LogP contribution in [0.5, 0.6) is 0 Å². The third-order valence-electron chi connectivity index (χ3n) is 3.39. The van der Waals surface area contributed by atoms with Crippen LogP contribution >= 0.6 is 11.8 Å². The van der Waals surface area contributed by atoms with Crippen molar-refractivity contribution in [1.82, 2.24) is 10.3 Å². The Balaban J connectivity index is 2.11. The number of nitrogens with zero attached hydrogens (tertiary/aromatic N) is 2. The molecule has 1 fully saturated rings. The van der Waals surface area contributed by atoms with Crippen molar-refractivity contribution in [3.8, 4) is 0 Å². The fourth-order valence-electron chi connectivity index (χ4n) is 2.38. The van der Waals surface area contributed by atoms with E-state index in [2.05, 4.69) is 68.7 Å². The van der Waals surface area contributed by atoms with Crippen molar-refractivity contribution in [2.75, 3.05) is 23.7 Å². The van der Waals surface area contributed by atoms with Gasteiger partial charge in [0.25, 0.3) is 0 Å². The van der Waals surface area contributed by atoms with Gasteiger partial charge in [0.15, 0.2) is 0 Å². The summed E-state index contributed by atoms with van der Waals surface area (Å²) < 4.78 is 0. The third-order valence-corrected chi connectivity index (χ3v) is 4.52. The van der Waals surface area contributed by atoms with E-state index in [4.69, 9.17) is 4.98 Å². The number of thioether (sulfide) groups is 1. The Kier molecular flexibility index (Phi) is 4.97. The number of rotatable bonds is 3. The number of aromatic nitrogens is 1. The van der Waals surface area contributed by atoms with E-state index in [0.29, 0.717) is 5.25 Å². The molecule has 0 amide bonds. The molecule has 0 bridgehead atoms. The molecule has 0 saturated carbocycles. The molecule has 1 aromatic heterocycles. The minimum Gasteiger partial charge on any atom is -0.355 e. The zero-order valence-electron chi connectivity index (χ0n) is 13.4. The number of hydrogen-bond acceptors (Lipinski definition) is 4. The van der Waals surface area contributed by atoms with E-state index in [1.165, 1.54) is 11.3 Å². The summed E-state index contributed by atoms with van der Waals surface area (Å²) in [6, 6.07) is 4.43. The van der Waals surface area contributed by atoms with Crippen molar-refractivity contribution in [2.45, 2.75) is 52.0 Å². The molecular weight excluding hydrogens is 266 g/mol. The Morgan fingerprint density at radius 3 is 2.80 bits per heavy atom. The topological polar surface area (TPSA) is 28.2 Å². The van der Waals surface area contributed by atoms with Crippen LogP contribution in [0.2, 0.25) is 0 Å². The highest BCUT2D eigenvalue weighted by atomic mass is 32.2. The van der Waals surface area contributed by atoms with E-state index in [1.807, 2.05) is 0 Å². The SMILES string of the molecule is Cc1cc(CNC(C)(C)C)cc(N2CCSC(C)C2)n1. The van der Waals surface area contributed by atoms with Crippen LogP contribution in [0.4, 0.5) is 5.82 Å². The van der Waals surface area contributed by atoms with Gasteiger partial charge in [0.1, 0.15) is 5.82 Å². The lowest BCUT2D eigenvalue weighted by Crippen LogP contribution is -2.37. The quantitative estimate of drug-likeness (QED) is 0.926. The monoisotopic (exact) mass is 293 g/mol. The zero-order valence-corrected chi connectivity index (χ0v) is 14.2. The predicted octanol–water partition coefficient (Wildman–Crippen LogP) is 3.22. The molecule has 1 atom stereocenters. The second-order valence-corrected chi connectivity index (χ2v) is 8.25. The van der Waals surface area contributed by atoms with Gasteiger partial charge in [0.05, 0.1) is 0 Å². The molecule has 0 aromatic carbocycles. The second-order valence-electron chi connectivity index (χ2n) is 6.71. The summed E-state index contributed by atoms with van der Waals surface area (Å²) >= 11 is 2.06. The Hall–Kier alpha value is -0.740. The van der Waals surface area contributed by atoms with Crippen LogP contribution in [0.15, 0.2) is 12.1 Å². The lowest BCUT2D eigenvalue weighted by atomic mass is 10.1. The van der Waals surface area contributed by atoms with E-state index in [9.17, 15) is 0 Å². The number of anilines is 1. The van der Waals surface area contributed by atoms with Crippen molar-refractivity contribution in [1.29, 1.82) is 0 Å². The molecule has 2 rings (SSSR count). The van der Waals surface area contributed by atoms with Gasteiger partial charge in [-0.1, -0.05) is 6.92 Å². The Bertz CT molecular complexity index is 454. The van der Waals surface area contributed by atoms with Crippen LogP contribution in [-0.2, 0) is 6.54 Å².